The van der Waals surface area contributed by atoms with Crippen LogP contribution in [0.5, 0.6) is 0 Å². The van der Waals surface area contributed by atoms with Gasteiger partial charge in [0, 0.05) is 25.7 Å². The molecule has 0 aromatic carbocycles. The number of piperidine rings is 1. The lowest BCUT2D eigenvalue weighted by atomic mass is 10.0. The molecule has 2 amide bonds. The molecule has 7 heteroatoms. The predicted octanol–water partition coefficient (Wildman–Crippen LogP) is 2.36. The summed E-state index contributed by atoms with van der Waals surface area (Å²) in [5, 5.41) is 1.93. The fraction of sp³-hybridized carbons (Fsp3) is 0.625. The van der Waals surface area contributed by atoms with Crippen LogP contribution in [0.15, 0.2) is 17.5 Å². The van der Waals surface area contributed by atoms with Crippen molar-refractivity contribution in [1.29, 1.82) is 0 Å². The van der Waals surface area contributed by atoms with Crippen molar-refractivity contribution in [2.24, 2.45) is 5.73 Å². The third-order valence-corrected chi connectivity index (χ3v) is 4.92. The minimum absolute atomic E-state index is 0. The lowest BCUT2D eigenvalue weighted by Crippen LogP contribution is -2.51. The van der Waals surface area contributed by atoms with Gasteiger partial charge in [0.2, 0.25) is 5.91 Å². The van der Waals surface area contributed by atoms with Crippen LogP contribution in [0.2, 0.25) is 0 Å². The molecule has 2 rings (SSSR count). The molecule has 0 radical (unpaired) electrons. The molecule has 130 valence electrons. The Labute approximate surface area is 148 Å². The van der Waals surface area contributed by atoms with Crippen LogP contribution in [0.1, 0.15) is 42.8 Å². The Balaban J connectivity index is 0.00000264. The number of halogens is 1. The Kier molecular flexibility index (Phi) is 8.02. The SMILES string of the molecule is CCCN(C(=O)c1cccs1)C1CCN(C(=O)C(C)N)CC1.Cl. The van der Waals surface area contributed by atoms with Crippen molar-refractivity contribution in [2.45, 2.75) is 45.2 Å². The molecule has 1 aliphatic rings. The van der Waals surface area contributed by atoms with Gasteiger partial charge in [-0.3, -0.25) is 9.59 Å². The van der Waals surface area contributed by atoms with Gasteiger partial charge < -0.3 is 15.5 Å². The summed E-state index contributed by atoms with van der Waals surface area (Å²) >= 11 is 1.49. The maximum atomic E-state index is 12.7. The summed E-state index contributed by atoms with van der Waals surface area (Å²) in [5.41, 5.74) is 5.67. The second-order valence-corrected chi connectivity index (χ2v) is 6.77. The van der Waals surface area contributed by atoms with Crippen molar-refractivity contribution < 1.29 is 9.59 Å². The minimum atomic E-state index is -0.448. The first-order valence-electron chi connectivity index (χ1n) is 7.93. The third-order valence-electron chi connectivity index (χ3n) is 4.06. The molecule has 0 spiro atoms. The van der Waals surface area contributed by atoms with Gasteiger partial charge in [-0.25, -0.2) is 0 Å². The van der Waals surface area contributed by atoms with E-state index < -0.39 is 6.04 Å². The Hall–Kier alpha value is -1.11. The van der Waals surface area contributed by atoms with E-state index in [2.05, 4.69) is 6.92 Å². The zero-order valence-corrected chi connectivity index (χ0v) is 15.4. The van der Waals surface area contributed by atoms with E-state index in [0.29, 0.717) is 13.1 Å². The molecular formula is C16H26ClN3O2S. The van der Waals surface area contributed by atoms with Gasteiger partial charge in [0.1, 0.15) is 0 Å². The molecular weight excluding hydrogens is 334 g/mol. The molecule has 1 aromatic heterocycles. The van der Waals surface area contributed by atoms with E-state index in [1.807, 2.05) is 27.3 Å². The number of thiophene rings is 1. The number of rotatable bonds is 5. The fourth-order valence-corrected chi connectivity index (χ4v) is 3.60. The summed E-state index contributed by atoms with van der Waals surface area (Å²) in [4.78, 5) is 29.2. The average molecular weight is 360 g/mol. The number of nitrogens with two attached hydrogens (primary N) is 1. The highest BCUT2D eigenvalue weighted by molar-refractivity contribution is 7.12. The maximum Gasteiger partial charge on any atom is 0.264 e. The van der Waals surface area contributed by atoms with Gasteiger partial charge in [0.05, 0.1) is 10.9 Å². The lowest BCUT2D eigenvalue weighted by Gasteiger charge is -2.39. The van der Waals surface area contributed by atoms with Crippen molar-refractivity contribution in [3.05, 3.63) is 22.4 Å². The summed E-state index contributed by atoms with van der Waals surface area (Å²) in [7, 11) is 0. The topological polar surface area (TPSA) is 66.6 Å². The molecule has 0 bridgehead atoms. The second-order valence-electron chi connectivity index (χ2n) is 5.82. The maximum absolute atomic E-state index is 12.7. The summed E-state index contributed by atoms with van der Waals surface area (Å²) in [6.45, 7) is 5.94. The van der Waals surface area contributed by atoms with E-state index in [9.17, 15) is 9.59 Å². The largest absolute Gasteiger partial charge is 0.341 e. The number of hydrogen-bond donors (Lipinski definition) is 1. The van der Waals surface area contributed by atoms with E-state index >= 15 is 0 Å². The van der Waals surface area contributed by atoms with Crippen molar-refractivity contribution in [3.63, 3.8) is 0 Å². The summed E-state index contributed by atoms with van der Waals surface area (Å²) in [6, 6.07) is 3.55. The lowest BCUT2D eigenvalue weighted by molar-refractivity contribution is -0.133. The average Bonchev–Trinajstić information content (AvgIpc) is 3.06. The van der Waals surface area contributed by atoms with Crippen LogP contribution in [0.25, 0.3) is 0 Å². The number of carbonyl (C=O) groups excluding carboxylic acids is 2. The fourth-order valence-electron chi connectivity index (χ4n) is 2.92. The van der Waals surface area contributed by atoms with Crippen molar-refractivity contribution in [2.75, 3.05) is 19.6 Å². The second kappa shape index (κ2) is 9.25. The van der Waals surface area contributed by atoms with Crippen LogP contribution < -0.4 is 5.73 Å². The molecule has 2 N–H and O–H groups in total. The predicted molar refractivity (Wildman–Crippen MR) is 96.1 cm³/mol. The minimum Gasteiger partial charge on any atom is -0.341 e. The first-order chi connectivity index (χ1) is 10.5. The van der Waals surface area contributed by atoms with Gasteiger partial charge in [-0.05, 0) is 37.6 Å². The molecule has 1 unspecified atom stereocenters. The van der Waals surface area contributed by atoms with E-state index in [1.54, 1.807) is 6.92 Å². The number of likely N-dealkylation sites (tertiary alicyclic amines) is 1. The van der Waals surface area contributed by atoms with Crippen LogP contribution in [-0.4, -0.2) is 53.3 Å². The zero-order valence-electron chi connectivity index (χ0n) is 13.7. The van der Waals surface area contributed by atoms with Gasteiger partial charge >= 0.3 is 0 Å². The molecule has 1 saturated heterocycles. The Morgan fingerprint density at radius 3 is 2.57 bits per heavy atom. The van der Waals surface area contributed by atoms with Gasteiger partial charge in [-0.15, -0.1) is 23.7 Å². The molecule has 1 fully saturated rings. The van der Waals surface area contributed by atoms with Crippen LogP contribution in [0.3, 0.4) is 0 Å². The number of hydrogen-bond acceptors (Lipinski definition) is 4. The van der Waals surface area contributed by atoms with E-state index in [0.717, 1.165) is 30.7 Å². The van der Waals surface area contributed by atoms with Crippen molar-refractivity contribution in [1.82, 2.24) is 9.80 Å². The van der Waals surface area contributed by atoms with Gasteiger partial charge in [-0.2, -0.15) is 0 Å². The number of nitrogens with zero attached hydrogens (tertiary/aromatic N) is 2. The Morgan fingerprint density at radius 1 is 1.43 bits per heavy atom. The standard InChI is InChI=1S/C16H25N3O2S.ClH/c1-3-8-19(16(21)14-5-4-11-22-14)13-6-9-18(10-7-13)15(20)12(2)17;/h4-5,11-13H,3,6-10,17H2,1-2H3;1H. The van der Waals surface area contributed by atoms with Crippen LogP contribution in [-0.2, 0) is 4.79 Å². The van der Waals surface area contributed by atoms with Gasteiger partial charge in [0.15, 0.2) is 0 Å². The first kappa shape index (κ1) is 19.9. The van der Waals surface area contributed by atoms with Gasteiger partial charge in [0.25, 0.3) is 5.91 Å². The van der Waals surface area contributed by atoms with E-state index in [-0.39, 0.29) is 30.3 Å². The molecule has 1 aromatic rings. The molecule has 0 saturated carbocycles. The number of amides is 2. The third kappa shape index (κ3) is 4.93. The highest BCUT2D eigenvalue weighted by Crippen LogP contribution is 2.21. The van der Waals surface area contributed by atoms with E-state index in [4.69, 9.17) is 5.73 Å². The molecule has 1 atom stereocenters. The smallest absolute Gasteiger partial charge is 0.264 e. The first-order valence-corrected chi connectivity index (χ1v) is 8.81. The molecule has 23 heavy (non-hydrogen) atoms. The van der Waals surface area contributed by atoms with Crippen molar-refractivity contribution in [3.8, 4) is 0 Å². The molecule has 5 nitrogen and oxygen atoms in total. The molecule has 2 heterocycles. The van der Waals surface area contributed by atoms with Crippen LogP contribution >= 0.6 is 23.7 Å². The molecule has 1 aliphatic heterocycles. The van der Waals surface area contributed by atoms with Crippen molar-refractivity contribution >= 4 is 35.6 Å². The Bertz CT molecular complexity index is 499. The normalized spacial score (nSPS) is 16.6. The summed E-state index contributed by atoms with van der Waals surface area (Å²) < 4.78 is 0. The highest BCUT2D eigenvalue weighted by atomic mass is 35.5. The van der Waals surface area contributed by atoms with Crippen LogP contribution in [0, 0.1) is 0 Å². The summed E-state index contributed by atoms with van der Waals surface area (Å²) in [6.07, 6.45) is 2.60. The highest BCUT2D eigenvalue weighted by Gasteiger charge is 2.30. The summed E-state index contributed by atoms with van der Waals surface area (Å²) in [5.74, 6) is 0.124. The van der Waals surface area contributed by atoms with E-state index in [1.165, 1.54) is 11.3 Å². The number of carbonyl (C=O) groups is 2. The monoisotopic (exact) mass is 359 g/mol. The zero-order chi connectivity index (χ0) is 16.1. The van der Waals surface area contributed by atoms with Crippen LogP contribution in [0.4, 0.5) is 0 Å². The Morgan fingerprint density at radius 2 is 2.09 bits per heavy atom. The molecule has 0 aliphatic carbocycles. The quantitative estimate of drug-likeness (QED) is 0.877. The van der Waals surface area contributed by atoms with Gasteiger partial charge in [-0.1, -0.05) is 13.0 Å².